The summed E-state index contributed by atoms with van der Waals surface area (Å²) >= 11 is 1.08. The van der Waals surface area contributed by atoms with E-state index in [2.05, 4.69) is 0 Å². The van der Waals surface area contributed by atoms with Crippen molar-refractivity contribution in [2.45, 2.75) is 26.4 Å². The molecule has 0 atom stereocenters. The van der Waals surface area contributed by atoms with E-state index in [-0.39, 0.29) is 18.6 Å². The van der Waals surface area contributed by atoms with Gasteiger partial charge < -0.3 is 10.5 Å². The van der Waals surface area contributed by atoms with Crippen LogP contribution in [0.2, 0.25) is 0 Å². The Morgan fingerprint density at radius 2 is 1.85 bits per heavy atom. The zero-order valence-electron chi connectivity index (χ0n) is 15.2. The molecule has 0 aliphatic heterocycles. The average molecular weight is 387 g/mol. The lowest BCUT2D eigenvalue weighted by molar-refractivity contribution is 0.100. The van der Waals surface area contributed by atoms with Crippen LogP contribution in [0.15, 0.2) is 39.9 Å². The van der Waals surface area contributed by atoms with E-state index in [1.807, 2.05) is 30.3 Å². The van der Waals surface area contributed by atoms with Crippen LogP contribution < -0.4 is 17.0 Å². The van der Waals surface area contributed by atoms with Crippen LogP contribution in [0.1, 0.15) is 20.8 Å². The van der Waals surface area contributed by atoms with Gasteiger partial charge in [0.05, 0.1) is 23.4 Å². The van der Waals surface area contributed by atoms with E-state index < -0.39 is 11.6 Å². The number of ether oxygens (including phenoxy) is 1. The van der Waals surface area contributed by atoms with E-state index in [1.165, 1.54) is 9.13 Å². The molecule has 0 saturated carbocycles. The van der Waals surface area contributed by atoms with Crippen LogP contribution in [0.25, 0.3) is 10.2 Å². The molecule has 0 aliphatic carbocycles. The highest BCUT2D eigenvalue weighted by Crippen LogP contribution is 2.27. The smallest absolute Gasteiger partial charge is 0.332 e. The molecule has 3 rings (SSSR count). The second-order valence-corrected chi connectivity index (χ2v) is 7.22. The molecule has 2 N–H and O–H groups in total. The van der Waals surface area contributed by atoms with Gasteiger partial charge in [-0.25, -0.2) is 4.79 Å². The van der Waals surface area contributed by atoms with Crippen molar-refractivity contribution in [1.82, 2.24) is 9.13 Å². The number of carbonyl (C=O) groups is 1. The van der Waals surface area contributed by atoms with Crippen molar-refractivity contribution in [1.29, 1.82) is 0 Å². The number of aryl methyl sites for hydroxylation is 2. The van der Waals surface area contributed by atoms with Gasteiger partial charge in [-0.15, -0.1) is 11.3 Å². The van der Waals surface area contributed by atoms with E-state index in [4.69, 9.17) is 10.5 Å². The summed E-state index contributed by atoms with van der Waals surface area (Å²) in [5.41, 5.74) is 6.20. The summed E-state index contributed by atoms with van der Waals surface area (Å²) in [4.78, 5) is 38.5. The zero-order chi connectivity index (χ0) is 19.6. The number of thiophene rings is 1. The summed E-state index contributed by atoms with van der Waals surface area (Å²) < 4.78 is 7.83. The summed E-state index contributed by atoms with van der Waals surface area (Å²) in [7, 11) is 1.54. The van der Waals surface area contributed by atoms with Gasteiger partial charge in [-0.3, -0.25) is 18.7 Å². The molecule has 3 aromatic rings. The third-order valence-electron chi connectivity index (χ3n) is 4.50. The van der Waals surface area contributed by atoms with Crippen LogP contribution in [0.4, 0.5) is 0 Å². The first kappa shape index (κ1) is 19.1. The number of benzene rings is 1. The maximum Gasteiger partial charge on any atom is 0.332 e. The van der Waals surface area contributed by atoms with Crippen molar-refractivity contribution in [2.75, 3.05) is 13.7 Å². The summed E-state index contributed by atoms with van der Waals surface area (Å²) in [6.45, 7) is 2.54. The molecule has 0 saturated heterocycles. The number of hydrogen-bond donors (Lipinski definition) is 1. The molecular weight excluding hydrogens is 366 g/mol. The Kier molecular flexibility index (Phi) is 5.57. The molecule has 7 nitrogen and oxygen atoms in total. The summed E-state index contributed by atoms with van der Waals surface area (Å²) in [6, 6.07) is 9.66. The van der Waals surface area contributed by atoms with Gasteiger partial charge in [-0.2, -0.15) is 0 Å². The quantitative estimate of drug-likeness (QED) is 0.665. The van der Waals surface area contributed by atoms with Crippen LogP contribution >= 0.6 is 11.3 Å². The second-order valence-electron chi connectivity index (χ2n) is 6.22. The lowest BCUT2D eigenvalue weighted by Crippen LogP contribution is -2.40. The number of rotatable bonds is 7. The number of aromatic nitrogens is 2. The molecule has 0 spiro atoms. The standard InChI is InChI=1S/C19H21N3O4S/c1-12-14-17(24)21(9-8-13-6-4-3-5-7-13)19(25)22(10-11-26-2)18(14)27-15(12)16(20)23/h3-7H,8-11H2,1-2H3,(H2,20,23). The van der Waals surface area contributed by atoms with Crippen LogP contribution in [0, 0.1) is 6.92 Å². The molecule has 1 amide bonds. The topological polar surface area (TPSA) is 96.3 Å². The monoisotopic (exact) mass is 387 g/mol. The van der Waals surface area contributed by atoms with Crippen LogP contribution in [0.5, 0.6) is 0 Å². The van der Waals surface area contributed by atoms with Gasteiger partial charge in [-0.05, 0) is 24.5 Å². The number of carbonyl (C=O) groups excluding carboxylic acids is 1. The number of amides is 1. The molecule has 27 heavy (non-hydrogen) atoms. The minimum Gasteiger partial charge on any atom is -0.383 e. The molecular formula is C19H21N3O4S. The van der Waals surface area contributed by atoms with Crippen molar-refractivity contribution in [3.05, 3.63) is 67.2 Å². The molecule has 0 fully saturated rings. The molecule has 2 heterocycles. The summed E-state index contributed by atoms with van der Waals surface area (Å²) in [5.74, 6) is -0.602. The first-order chi connectivity index (χ1) is 13.0. The van der Waals surface area contributed by atoms with Gasteiger partial charge >= 0.3 is 5.69 Å². The van der Waals surface area contributed by atoms with E-state index in [1.54, 1.807) is 14.0 Å². The Labute approximate surface area is 159 Å². The molecule has 2 aromatic heterocycles. The lowest BCUT2D eigenvalue weighted by Gasteiger charge is -2.12. The summed E-state index contributed by atoms with van der Waals surface area (Å²) in [6.07, 6.45) is 0.553. The number of primary amides is 1. The van der Waals surface area contributed by atoms with Gasteiger partial charge in [0.1, 0.15) is 4.83 Å². The number of hydrogen-bond acceptors (Lipinski definition) is 5. The largest absolute Gasteiger partial charge is 0.383 e. The molecule has 0 unspecified atom stereocenters. The van der Waals surface area contributed by atoms with Crippen LogP contribution in [0.3, 0.4) is 0 Å². The molecule has 0 radical (unpaired) electrons. The fourth-order valence-electron chi connectivity index (χ4n) is 3.09. The van der Waals surface area contributed by atoms with Crippen molar-refractivity contribution in [3.8, 4) is 0 Å². The maximum atomic E-state index is 13.0. The minimum atomic E-state index is -0.602. The highest BCUT2D eigenvalue weighted by molar-refractivity contribution is 7.20. The minimum absolute atomic E-state index is 0.256. The SMILES string of the molecule is COCCn1c(=O)n(CCc2ccccc2)c(=O)c2c(C)c(C(N)=O)sc21. The normalized spacial score (nSPS) is 11.2. The van der Waals surface area contributed by atoms with Crippen molar-refractivity contribution >= 4 is 27.5 Å². The number of nitrogens with zero attached hydrogens (tertiary/aromatic N) is 2. The van der Waals surface area contributed by atoms with Gasteiger partial charge in [0.25, 0.3) is 11.5 Å². The Morgan fingerprint density at radius 1 is 1.15 bits per heavy atom. The van der Waals surface area contributed by atoms with Gasteiger partial charge in [-0.1, -0.05) is 30.3 Å². The Hall–Kier alpha value is -2.71. The third kappa shape index (κ3) is 3.58. The van der Waals surface area contributed by atoms with Crippen LogP contribution in [-0.2, 0) is 24.2 Å². The Morgan fingerprint density at radius 3 is 2.48 bits per heavy atom. The predicted octanol–water partition coefficient (Wildman–Crippen LogP) is 1.52. The van der Waals surface area contributed by atoms with Crippen LogP contribution in [-0.4, -0.2) is 28.8 Å². The number of methoxy groups -OCH3 is 1. The van der Waals surface area contributed by atoms with Gasteiger partial charge in [0, 0.05) is 13.7 Å². The second kappa shape index (κ2) is 7.89. The van der Waals surface area contributed by atoms with Crippen molar-refractivity contribution < 1.29 is 9.53 Å². The predicted molar refractivity (Wildman–Crippen MR) is 106 cm³/mol. The van der Waals surface area contributed by atoms with Gasteiger partial charge in [0.15, 0.2) is 0 Å². The highest BCUT2D eigenvalue weighted by Gasteiger charge is 2.21. The molecule has 0 aliphatic rings. The Balaban J connectivity index is 2.18. The first-order valence-corrected chi connectivity index (χ1v) is 9.36. The molecule has 0 bridgehead atoms. The molecule has 8 heteroatoms. The van der Waals surface area contributed by atoms with E-state index in [0.29, 0.717) is 33.7 Å². The van der Waals surface area contributed by atoms with Crippen molar-refractivity contribution in [3.63, 3.8) is 0 Å². The summed E-state index contributed by atoms with van der Waals surface area (Å²) in [5, 5.41) is 0.373. The Bertz CT molecular complexity index is 1100. The fraction of sp³-hybridized carbons (Fsp3) is 0.316. The molecule has 1 aromatic carbocycles. The van der Waals surface area contributed by atoms with E-state index in [9.17, 15) is 14.4 Å². The fourth-order valence-corrected chi connectivity index (χ4v) is 4.26. The highest BCUT2D eigenvalue weighted by atomic mass is 32.1. The average Bonchev–Trinajstić information content (AvgIpc) is 3.00. The number of nitrogens with two attached hydrogens (primary N) is 1. The third-order valence-corrected chi connectivity index (χ3v) is 5.83. The lowest BCUT2D eigenvalue weighted by atomic mass is 10.1. The number of fused-ring (bicyclic) bond motifs is 1. The zero-order valence-corrected chi connectivity index (χ0v) is 16.0. The first-order valence-electron chi connectivity index (χ1n) is 8.55. The van der Waals surface area contributed by atoms with E-state index >= 15 is 0 Å². The van der Waals surface area contributed by atoms with Crippen molar-refractivity contribution in [2.24, 2.45) is 5.73 Å². The molecule has 142 valence electrons. The maximum absolute atomic E-state index is 13.0. The van der Waals surface area contributed by atoms with E-state index in [0.717, 1.165) is 16.9 Å². The van der Waals surface area contributed by atoms with Gasteiger partial charge in [0.2, 0.25) is 0 Å².